The van der Waals surface area contributed by atoms with Crippen molar-refractivity contribution in [3.05, 3.63) is 47.1 Å². The molecule has 0 saturated heterocycles. The van der Waals surface area contributed by atoms with E-state index in [1.165, 1.54) is 31.4 Å². The minimum atomic E-state index is -0.432. The predicted molar refractivity (Wildman–Crippen MR) is 70.1 cm³/mol. The van der Waals surface area contributed by atoms with Gasteiger partial charge in [-0.25, -0.2) is 4.39 Å². The molecule has 0 aliphatic rings. The Morgan fingerprint density at radius 3 is 2.80 bits per heavy atom. The Hall–Kier alpha value is -2.37. The van der Waals surface area contributed by atoms with Gasteiger partial charge in [-0.05, 0) is 32.0 Å². The van der Waals surface area contributed by atoms with Gasteiger partial charge in [0.2, 0.25) is 5.76 Å². The van der Waals surface area contributed by atoms with Crippen LogP contribution in [-0.2, 0) is 0 Å². The number of hydrogen-bond acceptors (Lipinski definition) is 4. The molecule has 0 bridgehead atoms. The van der Waals surface area contributed by atoms with Crippen LogP contribution < -0.4 is 10.1 Å². The second kappa shape index (κ2) is 5.73. The second-order valence-corrected chi connectivity index (χ2v) is 4.41. The van der Waals surface area contributed by atoms with E-state index in [-0.39, 0.29) is 5.76 Å². The van der Waals surface area contributed by atoms with Gasteiger partial charge in [0.15, 0.2) is 0 Å². The van der Waals surface area contributed by atoms with E-state index < -0.39 is 17.8 Å². The van der Waals surface area contributed by atoms with Gasteiger partial charge in [0.25, 0.3) is 5.91 Å². The maximum absolute atomic E-state index is 13.3. The van der Waals surface area contributed by atoms with E-state index in [0.717, 1.165) is 0 Å². The summed E-state index contributed by atoms with van der Waals surface area (Å²) in [5.74, 6) is -0.181. The number of halogens is 1. The van der Waals surface area contributed by atoms with Gasteiger partial charge in [0.05, 0.1) is 18.8 Å². The number of hydrogen-bond donors (Lipinski definition) is 1. The summed E-state index contributed by atoms with van der Waals surface area (Å²) in [5.41, 5.74) is 1.17. The van der Waals surface area contributed by atoms with E-state index in [9.17, 15) is 9.18 Å². The van der Waals surface area contributed by atoms with Crippen LogP contribution in [0.5, 0.6) is 5.75 Å². The van der Waals surface area contributed by atoms with E-state index in [1.807, 2.05) is 0 Å². The minimum Gasteiger partial charge on any atom is -0.496 e. The number of benzene rings is 1. The fourth-order valence-electron chi connectivity index (χ4n) is 1.86. The summed E-state index contributed by atoms with van der Waals surface area (Å²) in [4.78, 5) is 11.9. The van der Waals surface area contributed by atoms with Crippen molar-refractivity contribution in [3.8, 4) is 5.75 Å². The molecule has 0 radical (unpaired) electrons. The van der Waals surface area contributed by atoms with Crippen LogP contribution in [0, 0.1) is 12.7 Å². The summed E-state index contributed by atoms with van der Waals surface area (Å²) in [6, 6.07) is 5.25. The van der Waals surface area contributed by atoms with Crippen LogP contribution in [0.25, 0.3) is 0 Å². The first-order valence-electron chi connectivity index (χ1n) is 6.09. The topological polar surface area (TPSA) is 64.4 Å². The lowest BCUT2D eigenvalue weighted by Gasteiger charge is -2.16. The first kappa shape index (κ1) is 14.0. The zero-order chi connectivity index (χ0) is 14.7. The summed E-state index contributed by atoms with van der Waals surface area (Å²) in [7, 11) is 1.49. The SMILES string of the molecule is COc1ccc(F)cc1[C@@H](C)NC(=O)c1cc(C)no1. The van der Waals surface area contributed by atoms with Crippen molar-refractivity contribution in [2.75, 3.05) is 7.11 Å². The standard InChI is InChI=1S/C14H15FN2O3/c1-8-6-13(20-17-8)14(18)16-9(2)11-7-10(15)4-5-12(11)19-3/h4-7,9H,1-3H3,(H,16,18)/t9-/m1/s1. The van der Waals surface area contributed by atoms with Crippen LogP contribution in [0.4, 0.5) is 4.39 Å². The summed E-state index contributed by atoms with van der Waals surface area (Å²) in [5, 5.41) is 6.35. The fourth-order valence-corrected chi connectivity index (χ4v) is 1.86. The third-order valence-electron chi connectivity index (χ3n) is 2.86. The van der Waals surface area contributed by atoms with Gasteiger partial charge >= 0.3 is 0 Å². The Bertz CT molecular complexity index is 625. The van der Waals surface area contributed by atoms with Gasteiger partial charge in [0, 0.05) is 11.6 Å². The Kier molecular flexibility index (Phi) is 4.02. The molecule has 1 aromatic heterocycles. The lowest BCUT2D eigenvalue weighted by atomic mass is 10.1. The highest BCUT2D eigenvalue weighted by molar-refractivity contribution is 5.91. The van der Waals surface area contributed by atoms with Crippen LogP contribution in [0.2, 0.25) is 0 Å². The number of amides is 1. The lowest BCUT2D eigenvalue weighted by molar-refractivity contribution is 0.0902. The smallest absolute Gasteiger partial charge is 0.290 e. The normalized spacial score (nSPS) is 12.0. The molecular formula is C14H15FN2O3. The Morgan fingerprint density at radius 2 is 2.20 bits per heavy atom. The number of carbonyl (C=O) groups excluding carboxylic acids is 1. The second-order valence-electron chi connectivity index (χ2n) is 4.41. The van der Waals surface area contributed by atoms with Crippen molar-refractivity contribution in [1.29, 1.82) is 0 Å². The molecule has 0 spiro atoms. The molecule has 1 aromatic carbocycles. The third kappa shape index (κ3) is 2.96. The molecule has 0 saturated carbocycles. The minimum absolute atomic E-state index is 0.115. The molecule has 6 heteroatoms. The average molecular weight is 278 g/mol. The molecule has 1 heterocycles. The highest BCUT2D eigenvalue weighted by Gasteiger charge is 2.18. The molecular weight excluding hydrogens is 263 g/mol. The quantitative estimate of drug-likeness (QED) is 0.933. The Balaban J connectivity index is 2.17. The van der Waals surface area contributed by atoms with Gasteiger partial charge in [-0.3, -0.25) is 4.79 Å². The van der Waals surface area contributed by atoms with E-state index >= 15 is 0 Å². The first-order valence-corrected chi connectivity index (χ1v) is 6.09. The molecule has 1 amide bonds. The maximum Gasteiger partial charge on any atom is 0.290 e. The zero-order valence-electron chi connectivity index (χ0n) is 11.4. The molecule has 1 atom stereocenters. The van der Waals surface area contributed by atoms with Crippen molar-refractivity contribution in [1.82, 2.24) is 10.5 Å². The number of aryl methyl sites for hydroxylation is 1. The van der Waals surface area contributed by atoms with Crippen molar-refractivity contribution in [3.63, 3.8) is 0 Å². The van der Waals surface area contributed by atoms with Crippen LogP contribution in [-0.4, -0.2) is 18.2 Å². The largest absolute Gasteiger partial charge is 0.496 e. The Morgan fingerprint density at radius 1 is 1.45 bits per heavy atom. The fraction of sp³-hybridized carbons (Fsp3) is 0.286. The van der Waals surface area contributed by atoms with Crippen LogP contribution in [0.15, 0.2) is 28.8 Å². The first-order chi connectivity index (χ1) is 9.51. The molecule has 5 nitrogen and oxygen atoms in total. The van der Waals surface area contributed by atoms with Crippen LogP contribution >= 0.6 is 0 Å². The number of methoxy groups -OCH3 is 1. The van der Waals surface area contributed by atoms with Gasteiger partial charge in [-0.1, -0.05) is 5.16 Å². The molecule has 106 valence electrons. The third-order valence-corrected chi connectivity index (χ3v) is 2.86. The Labute approximate surface area is 115 Å². The summed E-state index contributed by atoms with van der Waals surface area (Å²) < 4.78 is 23.3. The number of nitrogens with one attached hydrogen (secondary N) is 1. The number of aromatic nitrogens is 1. The zero-order valence-corrected chi connectivity index (χ0v) is 11.4. The van der Waals surface area contributed by atoms with Crippen LogP contribution in [0.1, 0.15) is 34.8 Å². The van der Waals surface area contributed by atoms with Crippen molar-refractivity contribution in [2.45, 2.75) is 19.9 Å². The number of ether oxygens (including phenoxy) is 1. The highest BCUT2D eigenvalue weighted by atomic mass is 19.1. The van der Waals surface area contributed by atoms with E-state index in [2.05, 4.69) is 10.5 Å². The van der Waals surface area contributed by atoms with Crippen molar-refractivity contribution in [2.24, 2.45) is 0 Å². The number of nitrogens with zero attached hydrogens (tertiary/aromatic N) is 1. The van der Waals surface area contributed by atoms with Gasteiger partial charge in [0.1, 0.15) is 11.6 Å². The lowest BCUT2D eigenvalue weighted by Crippen LogP contribution is -2.26. The molecule has 0 aliphatic heterocycles. The van der Waals surface area contributed by atoms with Crippen molar-refractivity contribution >= 4 is 5.91 Å². The van der Waals surface area contributed by atoms with E-state index in [0.29, 0.717) is 17.0 Å². The maximum atomic E-state index is 13.3. The average Bonchev–Trinajstić information content (AvgIpc) is 2.85. The molecule has 2 rings (SSSR count). The van der Waals surface area contributed by atoms with Crippen LogP contribution in [0.3, 0.4) is 0 Å². The monoisotopic (exact) mass is 278 g/mol. The summed E-state index contributed by atoms with van der Waals surface area (Å²) in [6.45, 7) is 3.46. The summed E-state index contributed by atoms with van der Waals surface area (Å²) >= 11 is 0. The summed E-state index contributed by atoms with van der Waals surface area (Å²) in [6.07, 6.45) is 0. The van der Waals surface area contributed by atoms with Crippen molar-refractivity contribution < 1.29 is 18.4 Å². The highest BCUT2D eigenvalue weighted by Crippen LogP contribution is 2.26. The molecule has 2 aromatic rings. The molecule has 0 aliphatic carbocycles. The molecule has 20 heavy (non-hydrogen) atoms. The van der Waals surface area contributed by atoms with Gasteiger partial charge in [-0.15, -0.1) is 0 Å². The molecule has 0 unspecified atom stereocenters. The molecule has 1 N–H and O–H groups in total. The van der Waals surface area contributed by atoms with E-state index in [1.54, 1.807) is 13.8 Å². The van der Waals surface area contributed by atoms with E-state index in [4.69, 9.17) is 9.26 Å². The predicted octanol–water partition coefficient (Wildman–Crippen LogP) is 2.62. The van der Waals surface area contributed by atoms with Gasteiger partial charge < -0.3 is 14.6 Å². The number of rotatable bonds is 4. The molecule has 0 fully saturated rings. The van der Waals surface area contributed by atoms with Gasteiger partial charge in [-0.2, -0.15) is 0 Å². The number of carbonyl (C=O) groups is 1.